The van der Waals surface area contributed by atoms with E-state index in [0.29, 0.717) is 12.6 Å². The van der Waals surface area contributed by atoms with Crippen molar-refractivity contribution in [1.82, 2.24) is 14.5 Å². The molecule has 5 heteroatoms. The molecule has 1 unspecified atom stereocenters. The number of hydrogen-bond donors (Lipinski definition) is 1. The number of rotatable bonds is 4. The zero-order valence-electron chi connectivity index (χ0n) is 9.59. The van der Waals surface area contributed by atoms with Gasteiger partial charge in [0, 0.05) is 31.9 Å². The third-order valence-corrected chi connectivity index (χ3v) is 3.20. The first-order chi connectivity index (χ1) is 7.66. The topological polar surface area (TPSA) is 64.2 Å². The molecule has 88 valence electrons. The maximum atomic E-state index is 10.9. The van der Waals surface area contributed by atoms with Gasteiger partial charge in [0.2, 0.25) is 5.91 Å². The highest BCUT2D eigenvalue weighted by molar-refractivity contribution is 5.76. The molecule has 0 spiro atoms. The Morgan fingerprint density at radius 2 is 2.50 bits per heavy atom. The van der Waals surface area contributed by atoms with Crippen LogP contribution in [0, 0.1) is 0 Å². The molecule has 0 aliphatic carbocycles. The second kappa shape index (κ2) is 4.65. The first-order valence-electron chi connectivity index (χ1n) is 5.65. The Labute approximate surface area is 95.2 Å². The molecule has 0 bridgehead atoms. The fourth-order valence-electron chi connectivity index (χ4n) is 2.34. The van der Waals surface area contributed by atoms with Crippen LogP contribution in [0.15, 0.2) is 12.4 Å². The molecule has 1 saturated heterocycles. The molecule has 1 aliphatic heterocycles. The van der Waals surface area contributed by atoms with Gasteiger partial charge in [-0.3, -0.25) is 9.69 Å². The van der Waals surface area contributed by atoms with Crippen molar-refractivity contribution >= 4 is 5.91 Å². The molecule has 2 heterocycles. The number of imidazole rings is 1. The van der Waals surface area contributed by atoms with Gasteiger partial charge in [0.25, 0.3) is 0 Å². The van der Waals surface area contributed by atoms with Crippen LogP contribution < -0.4 is 5.73 Å². The molecule has 0 saturated carbocycles. The van der Waals surface area contributed by atoms with E-state index in [1.165, 1.54) is 0 Å². The fraction of sp³-hybridized carbons (Fsp3) is 0.636. The number of primary amides is 1. The summed E-state index contributed by atoms with van der Waals surface area (Å²) >= 11 is 0. The number of hydrogen-bond acceptors (Lipinski definition) is 3. The largest absolute Gasteiger partial charge is 0.369 e. The molecule has 1 aromatic heterocycles. The molecule has 2 rings (SSSR count). The van der Waals surface area contributed by atoms with Crippen molar-refractivity contribution in [2.75, 3.05) is 13.1 Å². The van der Waals surface area contributed by atoms with Crippen LogP contribution in [-0.4, -0.2) is 39.5 Å². The quantitative estimate of drug-likeness (QED) is 0.774. The molecule has 0 aromatic carbocycles. The van der Waals surface area contributed by atoms with Crippen molar-refractivity contribution in [3.63, 3.8) is 0 Å². The second-order valence-electron chi connectivity index (χ2n) is 4.39. The van der Waals surface area contributed by atoms with E-state index < -0.39 is 0 Å². The number of carbonyl (C=O) groups excluding carboxylic acids is 1. The predicted octanol–water partition coefficient (Wildman–Crippen LogP) is -0.0877. The van der Waals surface area contributed by atoms with Crippen molar-refractivity contribution < 1.29 is 4.79 Å². The minimum Gasteiger partial charge on any atom is -0.369 e. The number of nitrogens with zero attached hydrogens (tertiary/aromatic N) is 3. The molecule has 1 amide bonds. The Morgan fingerprint density at radius 1 is 1.69 bits per heavy atom. The standard InChI is InChI=1S/C11H18N4O/c1-14-6-4-13-11(14)7-9-3-2-5-15(9)8-10(12)16/h4,6,9H,2-3,5,7-8H2,1H3,(H2,12,16). The van der Waals surface area contributed by atoms with Crippen LogP contribution in [0.4, 0.5) is 0 Å². The number of nitrogens with two attached hydrogens (primary N) is 1. The Kier molecular flexibility index (Phi) is 3.24. The monoisotopic (exact) mass is 222 g/mol. The van der Waals surface area contributed by atoms with E-state index in [9.17, 15) is 4.79 Å². The molecule has 16 heavy (non-hydrogen) atoms. The lowest BCUT2D eigenvalue weighted by atomic mass is 10.1. The van der Waals surface area contributed by atoms with Gasteiger partial charge in [-0.2, -0.15) is 0 Å². The molecule has 2 N–H and O–H groups in total. The maximum Gasteiger partial charge on any atom is 0.231 e. The number of aryl methyl sites for hydroxylation is 1. The first-order valence-corrected chi connectivity index (χ1v) is 5.65. The van der Waals surface area contributed by atoms with Crippen LogP contribution in [0.25, 0.3) is 0 Å². The first kappa shape index (κ1) is 11.1. The van der Waals surface area contributed by atoms with Crippen molar-refractivity contribution in [2.24, 2.45) is 12.8 Å². The summed E-state index contributed by atoms with van der Waals surface area (Å²) in [6.07, 6.45) is 6.92. The molecule has 1 aliphatic rings. The van der Waals surface area contributed by atoms with Gasteiger partial charge in [-0.25, -0.2) is 4.98 Å². The lowest BCUT2D eigenvalue weighted by Crippen LogP contribution is -2.38. The second-order valence-corrected chi connectivity index (χ2v) is 4.39. The Bertz CT molecular complexity index is 374. The summed E-state index contributed by atoms with van der Waals surface area (Å²) in [5, 5.41) is 0. The molecule has 0 radical (unpaired) electrons. The maximum absolute atomic E-state index is 10.9. The Morgan fingerprint density at radius 3 is 3.12 bits per heavy atom. The van der Waals surface area contributed by atoms with Crippen molar-refractivity contribution in [1.29, 1.82) is 0 Å². The normalized spacial score (nSPS) is 21.4. The minimum atomic E-state index is -0.244. The van der Waals surface area contributed by atoms with E-state index in [1.54, 1.807) is 0 Å². The smallest absolute Gasteiger partial charge is 0.231 e. The average Bonchev–Trinajstić information content (AvgIpc) is 2.78. The summed E-state index contributed by atoms with van der Waals surface area (Å²) in [7, 11) is 2.00. The van der Waals surface area contributed by atoms with Gasteiger partial charge in [0.1, 0.15) is 5.82 Å². The molecule has 1 aromatic rings. The van der Waals surface area contributed by atoms with Crippen LogP contribution in [0.2, 0.25) is 0 Å². The van der Waals surface area contributed by atoms with E-state index in [2.05, 4.69) is 9.88 Å². The van der Waals surface area contributed by atoms with E-state index >= 15 is 0 Å². The van der Waals surface area contributed by atoms with Crippen molar-refractivity contribution in [3.8, 4) is 0 Å². The molecular formula is C11H18N4O. The zero-order valence-corrected chi connectivity index (χ0v) is 9.59. The van der Waals surface area contributed by atoms with Crippen LogP contribution in [-0.2, 0) is 18.3 Å². The number of amides is 1. The van der Waals surface area contributed by atoms with Gasteiger partial charge in [0.05, 0.1) is 6.54 Å². The van der Waals surface area contributed by atoms with Crippen LogP contribution in [0.5, 0.6) is 0 Å². The lowest BCUT2D eigenvalue weighted by Gasteiger charge is -2.22. The summed E-state index contributed by atoms with van der Waals surface area (Å²) < 4.78 is 2.03. The highest BCUT2D eigenvalue weighted by Gasteiger charge is 2.26. The SMILES string of the molecule is Cn1ccnc1CC1CCCN1CC(N)=O. The van der Waals surface area contributed by atoms with E-state index in [1.807, 2.05) is 24.0 Å². The average molecular weight is 222 g/mol. The summed E-state index contributed by atoms with van der Waals surface area (Å²) in [5.41, 5.74) is 5.24. The Hall–Kier alpha value is -1.36. The third kappa shape index (κ3) is 2.41. The molecule has 5 nitrogen and oxygen atoms in total. The zero-order chi connectivity index (χ0) is 11.5. The predicted molar refractivity (Wildman–Crippen MR) is 60.7 cm³/mol. The van der Waals surface area contributed by atoms with Crippen LogP contribution in [0.3, 0.4) is 0 Å². The fourth-order valence-corrected chi connectivity index (χ4v) is 2.34. The Balaban J connectivity index is 1.98. The minimum absolute atomic E-state index is 0.244. The van der Waals surface area contributed by atoms with E-state index in [4.69, 9.17) is 5.73 Å². The highest BCUT2D eigenvalue weighted by Crippen LogP contribution is 2.19. The van der Waals surface area contributed by atoms with E-state index in [-0.39, 0.29) is 5.91 Å². The molecular weight excluding hydrogens is 204 g/mol. The van der Waals surface area contributed by atoms with Gasteiger partial charge in [-0.05, 0) is 19.4 Å². The molecule has 1 fully saturated rings. The van der Waals surface area contributed by atoms with Crippen molar-refractivity contribution in [3.05, 3.63) is 18.2 Å². The lowest BCUT2D eigenvalue weighted by molar-refractivity contribution is -0.119. The summed E-state index contributed by atoms with van der Waals surface area (Å²) in [5.74, 6) is 0.827. The van der Waals surface area contributed by atoms with Crippen LogP contribution in [0.1, 0.15) is 18.7 Å². The van der Waals surface area contributed by atoms with Crippen LogP contribution >= 0.6 is 0 Å². The number of aromatic nitrogens is 2. The summed E-state index contributed by atoms with van der Waals surface area (Å²) in [6.45, 7) is 1.34. The van der Waals surface area contributed by atoms with Gasteiger partial charge in [-0.15, -0.1) is 0 Å². The summed E-state index contributed by atoms with van der Waals surface area (Å²) in [6, 6.07) is 0.411. The molecule has 1 atom stereocenters. The van der Waals surface area contributed by atoms with Gasteiger partial charge in [0.15, 0.2) is 0 Å². The van der Waals surface area contributed by atoms with Gasteiger partial charge in [-0.1, -0.05) is 0 Å². The summed E-state index contributed by atoms with van der Waals surface area (Å²) in [4.78, 5) is 17.4. The highest BCUT2D eigenvalue weighted by atomic mass is 16.1. The number of carbonyl (C=O) groups is 1. The van der Waals surface area contributed by atoms with Gasteiger partial charge < -0.3 is 10.3 Å². The third-order valence-electron chi connectivity index (χ3n) is 3.20. The van der Waals surface area contributed by atoms with Gasteiger partial charge >= 0.3 is 0 Å². The van der Waals surface area contributed by atoms with Crippen molar-refractivity contribution in [2.45, 2.75) is 25.3 Å². The van der Waals surface area contributed by atoms with E-state index in [0.717, 1.165) is 31.6 Å². The number of likely N-dealkylation sites (tertiary alicyclic amines) is 1.